The Balaban J connectivity index is 1.38. The number of nitrogens with zero attached hydrogens (tertiary/aromatic N) is 5. The lowest BCUT2D eigenvalue weighted by molar-refractivity contribution is 0.358. The molecule has 3 N–H and O–H groups in total. The highest BCUT2D eigenvalue weighted by molar-refractivity contribution is 5.95. The monoisotopic (exact) mass is 507 g/mol. The predicted molar refractivity (Wildman–Crippen MR) is 148 cm³/mol. The van der Waals surface area contributed by atoms with Gasteiger partial charge in [-0.2, -0.15) is 4.98 Å². The summed E-state index contributed by atoms with van der Waals surface area (Å²) < 4.78 is 6.42. The van der Waals surface area contributed by atoms with Crippen molar-refractivity contribution in [3.05, 3.63) is 88.9 Å². The number of anilines is 3. The van der Waals surface area contributed by atoms with Crippen LogP contribution in [0.15, 0.2) is 72.0 Å². The van der Waals surface area contributed by atoms with Crippen molar-refractivity contribution < 1.29 is 5.11 Å². The van der Waals surface area contributed by atoms with Gasteiger partial charge in [-0.05, 0) is 61.7 Å². The maximum atomic E-state index is 13.5. The summed E-state index contributed by atoms with van der Waals surface area (Å²) >= 11 is 0. The lowest BCUT2D eigenvalue weighted by Gasteiger charge is -2.26. The van der Waals surface area contributed by atoms with Crippen LogP contribution in [0, 0.1) is 6.92 Å². The minimum absolute atomic E-state index is 0.193. The van der Waals surface area contributed by atoms with E-state index in [-0.39, 0.29) is 11.3 Å². The molecule has 5 aromatic rings. The summed E-state index contributed by atoms with van der Waals surface area (Å²) in [4.78, 5) is 22.2. The van der Waals surface area contributed by atoms with Crippen LogP contribution < -0.4 is 16.2 Å². The second-order valence-corrected chi connectivity index (χ2v) is 10.3. The first-order chi connectivity index (χ1) is 18.6. The Kier molecular flexibility index (Phi) is 5.24. The first-order valence-corrected chi connectivity index (χ1v) is 13.1. The molecule has 0 amide bonds. The minimum atomic E-state index is -0.240. The molecule has 0 bridgehead atoms. The molecule has 1 aliphatic carbocycles. The topological polar surface area (TPSA) is 102 Å². The van der Waals surface area contributed by atoms with Crippen LogP contribution >= 0.6 is 0 Å². The number of fused-ring (bicyclic) bond motifs is 5. The first kappa shape index (κ1) is 22.7. The number of rotatable bonds is 5. The van der Waals surface area contributed by atoms with E-state index >= 15 is 0 Å². The molecule has 9 heteroatoms. The van der Waals surface area contributed by atoms with Crippen LogP contribution in [0.2, 0.25) is 0 Å². The Hall–Kier alpha value is -4.53. The van der Waals surface area contributed by atoms with Crippen LogP contribution in [0.1, 0.15) is 43.0 Å². The lowest BCUT2D eigenvalue weighted by atomic mass is 9.91. The summed E-state index contributed by atoms with van der Waals surface area (Å²) in [6.45, 7) is 2.68. The van der Waals surface area contributed by atoms with Gasteiger partial charge in [0.25, 0.3) is 5.56 Å². The van der Waals surface area contributed by atoms with Gasteiger partial charge in [0.15, 0.2) is 0 Å². The van der Waals surface area contributed by atoms with Gasteiger partial charge in [0.2, 0.25) is 5.95 Å². The van der Waals surface area contributed by atoms with Gasteiger partial charge in [-0.15, -0.1) is 0 Å². The third-order valence-corrected chi connectivity index (χ3v) is 7.97. The molecule has 0 saturated heterocycles. The number of hydrogen-bond acceptors (Lipinski definition) is 6. The molecule has 1 fully saturated rings. The van der Waals surface area contributed by atoms with Crippen molar-refractivity contribution in [1.29, 1.82) is 0 Å². The average molecular weight is 508 g/mol. The number of imidazole rings is 1. The van der Waals surface area contributed by atoms with E-state index in [0.29, 0.717) is 35.8 Å². The van der Waals surface area contributed by atoms with Crippen molar-refractivity contribution in [3.63, 3.8) is 0 Å². The highest BCUT2D eigenvalue weighted by Gasteiger charge is 2.37. The Morgan fingerprint density at radius 1 is 1.08 bits per heavy atom. The van der Waals surface area contributed by atoms with Crippen molar-refractivity contribution in [3.8, 4) is 11.4 Å². The molecule has 0 spiro atoms. The molecule has 2 aromatic carbocycles. The summed E-state index contributed by atoms with van der Waals surface area (Å²) in [5.41, 5.74) is 4.67. The average Bonchev–Trinajstić information content (AvgIpc) is 3.65. The fourth-order valence-corrected chi connectivity index (χ4v) is 6.09. The van der Waals surface area contributed by atoms with Crippen molar-refractivity contribution in [1.82, 2.24) is 23.7 Å². The zero-order chi connectivity index (χ0) is 25.8. The second-order valence-electron chi connectivity index (χ2n) is 10.3. The van der Waals surface area contributed by atoms with Crippen LogP contribution in [0.25, 0.3) is 16.6 Å². The van der Waals surface area contributed by atoms with Gasteiger partial charge in [-0.1, -0.05) is 25.0 Å². The minimum Gasteiger partial charge on any atom is -0.508 e. The lowest BCUT2D eigenvalue weighted by Crippen LogP contribution is -2.26. The predicted octanol–water partition coefficient (Wildman–Crippen LogP) is 5.10. The SMILES string of the molecule is Cc1c2c(c(Nc3ccc(O)cc3)n1Cc1ccc(-n3ccnc3)cc1)c(=O)nc1n2[C@@H]2CCCC[C@@H]2N1. The van der Waals surface area contributed by atoms with E-state index in [0.717, 1.165) is 41.0 Å². The summed E-state index contributed by atoms with van der Waals surface area (Å²) in [7, 11) is 0. The molecule has 192 valence electrons. The van der Waals surface area contributed by atoms with E-state index in [1.165, 1.54) is 12.8 Å². The molecule has 2 atom stereocenters. The number of phenolic OH excluding ortho intramolecular Hbond substituents is 1. The highest BCUT2D eigenvalue weighted by Crippen LogP contribution is 2.42. The van der Waals surface area contributed by atoms with Crippen molar-refractivity contribution >= 4 is 28.4 Å². The Morgan fingerprint density at radius 3 is 2.63 bits per heavy atom. The van der Waals surface area contributed by atoms with E-state index in [2.05, 4.69) is 60.9 Å². The van der Waals surface area contributed by atoms with Crippen LogP contribution in [0.5, 0.6) is 5.75 Å². The summed E-state index contributed by atoms with van der Waals surface area (Å²) in [5, 5.41) is 17.4. The number of aryl methyl sites for hydroxylation is 1. The molecule has 1 aliphatic heterocycles. The largest absolute Gasteiger partial charge is 0.508 e. The molecule has 4 heterocycles. The smallest absolute Gasteiger partial charge is 0.286 e. The quantitative estimate of drug-likeness (QED) is 0.286. The number of aromatic hydroxyl groups is 1. The molecule has 9 nitrogen and oxygen atoms in total. The summed E-state index contributed by atoms with van der Waals surface area (Å²) in [6, 6.07) is 15.9. The molecule has 0 radical (unpaired) electrons. The first-order valence-electron chi connectivity index (χ1n) is 13.1. The number of aromatic nitrogens is 5. The van der Waals surface area contributed by atoms with Crippen LogP contribution in [0.3, 0.4) is 0 Å². The molecule has 38 heavy (non-hydrogen) atoms. The maximum Gasteiger partial charge on any atom is 0.286 e. The van der Waals surface area contributed by atoms with Gasteiger partial charge in [-0.25, -0.2) is 4.98 Å². The molecule has 2 aliphatic rings. The van der Waals surface area contributed by atoms with Crippen molar-refractivity contribution in [2.24, 2.45) is 0 Å². The molecule has 0 unspecified atom stereocenters. The number of nitrogens with one attached hydrogen (secondary N) is 2. The Morgan fingerprint density at radius 2 is 1.87 bits per heavy atom. The fraction of sp³-hybridized carbons (Fsp3) is 0.276. The van der Waals surface area contributed by atoms with Gasteiger partial charge in [0.1, 0.15) is 17.0 Å². The number of benzene rings is 2. The Labute approximate surface area is 219 Å². The van der Waals surface area contributed by atoms with E-state index in [1.807, 2.05) is 22.9 Å². The zero-order valence-electron chi connectivity index (χ0n) is 21.1. The van der Waals surface area contributed by atoms with Crippen LogP contribution in [0.4, 0.5) is 17.5 Å². The van der Waals surface area contributed by atoms with E-state index in [9.17, 15) is 9.90 Å². The van der Waals surface area contributed by atoms with Gasteiger partial charge in [-0.3, -0.25) is 4.79 Å². The van der Waals surface area contributed by atoms with Gasteiger partial charge in [0.05, 0.1) is 17.9 Å². The molecule has 3 aromatic heterocycles. The standard InChI is InChI=1S/C29H29N7O2/c1-18-26-25(28(38)33-29-32-23-4-2-3-5-24(23)36(26)29)27(31-20-8-12-22(37)13-9-20)35(18)16-19-6-10-21(11-7-19)34-15-14-30-17-34/h6-15,17,23-24,31,37H,2-5,16H2,1H3,(H,32,33,38)/t23-,24+/m0/s1. The number of hydrogen-bond donors (Lipinski definition) is 3. The normalized spacial score (nSPS) is 18.2. The van der Waals surface area contributed by atoms with Crippen LogP contribution in [-0.2, 0) is 6.54 Å². The van der Waals surface area contributed by atoms with Gasteiger partial charge < -0.3 is 29.4 Å². The third kappa shape index (κ3) is 3.65. The molecule has 7 rings (SSSR count). The van der Waals surface area contributed by atoms with Crippen LogP contribution in [-0.4, -0.2) is 34.8 Å². The van der Waals surface area contributed by atoms with E-state index < -0.39 is 0 Å². The number of phenols is 1. The van der Waals surface area contributed by atoms with Crippen molar-refractivity contribution in [2.45, 2.75) is 51.2 Å². The zero-order valence-corrected chi connectivity index (χ0v) is 21.1. The fourth-order valence-electron chi connectivity index (χ4n) is 6.09. The third-order valence-electron chi connectivity index (χ3n) is 7.97. The Bertz CT molecular complexity index is 1680. The molecular weight excluding hydrogens is 478 g/mol. The molecular formula is C29H29N7O2. The van der Waals surface area contributed by atoms with E-state index in [1.54, 1.807) is 24.7 Å². The maximum absolute atomic E-state index is 13.5. The van der Waals surface area contributed by atoms with Crippen molar-refractivity contribution in [2.75, 3.05) is 10.6 Å². The second kappa shape index (κ2) is 8.79. The summed E-state index contributed by atoms with van der Waals surface area (Å²) in [6.07, 6.45) is 10.0. The van der Waals surface area contributed by atoms with E-state index in [4.69, 9.17) is 0 Å². The van der Waals surface area contributed by atoms with Gasteiger partial charge >= 0.3 is 0 Å². The highest BCUT2D eigenvalue weighted by atomic mass is 16.3. The van der Waals surface area contributed by atoms with Gasteiger partial charge in [0, 0.05) is 42.0 Å². The molecule has 1 saturated carbocycles. The summed E-state index contributed by atoms with van der Waals surface area (Å²) in [5.74, 6) is 1.59.